The Bertz CT molecular complexity index is 669. The van der Waals surface area contributed by atoms with Gasteiger partial charge in [-0.15, -0.1) is 0 Å². The Morgan fingerprint density at radius 1 is 1.21 bits per heavy atom. The fourth-order valence-corrected chi connectivity index (χ4v) is 3.72. The van der Waals surface area contributed by atoms with Gasteiger partial charge in [-0.1, -0.05) is 6.07 Å². The highest BCUT2D eigenvalue weighted by Crippen LogP contribution is 2.30. The molecule has 1 aliphatic rings. The summed E-state index contributed by atoms with van der Waals surface area (Å²) in [6.45, 7) is 6.36. The van der Waals surface area contributed by atoms with E-state index in [1.165, 1.54) is 0 Å². The number of sulfonamides is 1. The third-order valence-electron chi connectivity index (χ3n) is 4.03. The summed E-state index contributed by atoms with van der Waals surface area (Å²) in [4.78, 5) is 1.70. The van der Waals surface area contributed by atoms with Crippen LogP contribution in [-0.2, 0) is 20.9 Å². The third kappa shape index (κ3) is 4.69. The van der Waals surface area contributed by atoms with Crippen LogP contribution in [0.5, 0.6) is 0 Å². The Morgan fingerprint density at radius 2 is 1.83 bits per heavy atom. The highest BCUT2D eigenvalue weighted by molar-refractivity contribution is 7.89. The summed E-state index contributed by atoms with van der Waals surface area (Å²) in [7, 11) is -4.02. The number of nitrogens with one attached hydrogen (secondary N) is 1. The molecule has 1 aliphatic heterocycles. The minimum absolute atomic E-state index is 0.0889. The molecule has 0 unspecified atom stereocenters. The van der Waals surface area contributed by atoms with Gasteiger partial charge in [-0.3, -0.25) is 4.90 Å². The number of hydrogen-bond donors (Lipinski definition) is 1. The molecule has 1 saturated heterocycles. The quantitative estimate of drug-likeness (QED) is 0.867. The molecule has 0 saturated carbocycles. The Morgan fingerprint density at radius 3 is 2.42 bits per heavy atom. The van der Waals surface area contributed by atoms with Crippen LogP contribution in [0, 0.1) is 0 Å². The van der Waals surface area contributed by atoms with Gasteiger partial charge in [-0.2, -0.15) is 13.2 Å². The average Bonchev–Trinajstić information content (AvgIpc) is 2.53. The molecule has 0 aliphatic carbocycles. The zero-order chi connectivity index (χ0) is 18.0. The molecule has 0 atom stereocenters. The van der Waals surface area contributed by atoms with Crippen LogP contribution in [-0.4, -0.2) is 51.7 Å². The van der Waals surface area contributed by atoms with Gasteiger partial charge in [-0.05, 0) is 32.0 Å². The van der Waals surface area contributed by atoms with Gasteiger partial charge in [0.15, 0.2) is 0 Å². The van der Waals surface area contributed by atoms with Crippen LogP contribution in [0.25, 0.3) is 0 Å². The van der Waals surface area contributed by atoms with E-state index in [1.54, 1.807) is 0 Å². The summed E-state index contributed by atoms with van der Waals surface area (Å²) in [6.07, 6.45) is -4.58. The van der Waals surface area contributed by atoms with Gasteiger partial charge in [0.05, 0.1) is 23.7 Å². The molecule has 1 aromatic rings. The van der Waals surface area contributed by atoms with Crippen molar-refractivity contribution < 1.29 is 26.3 Å². The molecule has 136 valence electrons. The van der Waals surface area contributed by atoms with Crippen molar-refractivity contribution in [3.63, 3.8) is 0 Å². The van der Waals surface area contributed by atoms with Gasteiger partial charge in [0.2, 0.25) is 10.0 Å². The Hall–Kier alpha value is -1.16. The molecular weight excluding hydrogens is 345 g/mol. The lowest BCUT2D eigenvalue weighted by Gasteiger charge is -2.40. The zero-order valence-corrected chi connectivity index (χ0v) is 14.4. The number of ether oxygens (including phenoxy) is 1. The lowest BCUT2D eigenvalue weighted by Crippen LogP contribution is -2.55. The summed E-state index contributed by atoms with van der Waals surface area (Å²) < 4.78 is 70.5. The van der Waals surface area contributed by atoms with Crippen LogP contribution in [0.15, 0.2) is 29.2 Å². The third-order valence-corrected chi connectivity index (χ3v) is 5.43. The molecule has 0 aromatic heterocycles. The molecule has 9 heteroatoms. The zero-order valence-electron chi connectivity index (χ0n) is 13.6. The summed E-state index contributed by atoms with van der Waals surface area (Å²) in [5.74, 6) is 0. The highest BCUT2D eigenvalue weighted by atomic mass is 32.2. The van der Waals surface area contributed by atoms with E-state index in [4.69, 9.17) is 4.74 Å². The molecule has 0 bridgehead atoms. The van der Waals surface area contributed by atoms with E-state index in [9.17, 15) is 21.6 Å². The minimum Gasteiger partial charge on any atom is -0.379 e. The van der Waals surface area contributed by atoms with E-state index in [1.807, 2.05) is 13.8 Å². The van der Waals surface area contributed by atoms with Crippen LogP contribution < -0.4 is 4.72 Å². The molecule has 0 radical (unpaired) electrons. The second kappa shape index (κ2) is 6.99. The summed E-state index contributed by atoms with van der Waals surface area (Å²) in [6, 6.07) is 3.73. The number of morpholine rings is 1. The van der Waals surface area contributed by atoms with Crippen LogP contribution in [0.3, 0.4) is 0 Å². The van der Waals surface area contributed by atoms with Crippen molar-refractivity contribution in [3.8, 4) is 0 Å². The average molecular weight is 366 g/mol. The molecule has 1 aromatic carbocycles. The Kier molecular flexibility index (Phi) is 5.58. The second-order valence-electron chi connectivity index (χ2n) is 6.26. The van der Waals surface area contributed by atoms with Crippen LogP contribution in [0.4, 0.5) is 13.2 Å². The first kappa shape index (κ1) is 19.2. The van der Waals surface area contributed by atoms with Crippen molar-refractivity contribution in [2.24, 2.45) is 0 Å². The predicted octanol–water partition coefficient (Wildman–Crippen LogP) is 2.09. The van der Waals surface area contributed by atoms with Crippen molar-refractivity contribution in [2.45, 2.75) is 30.5 Å². The molecule has 2 rings (SSSR count). The SMILES string of the molecule is CC(C)(CNS(=O)(=O)c1cccc(C(F)(F)F)c1)N1CCOCC1. The van der Waals surface area contributed by atoms with E-state index >= 15 is 0 Å². The van der Waals surface area contributed by atoms with Crippen LogP contribution in [0.2, 0.25) is 0 Å². The molecule has 1 fully saturated rings. The largest absolute Gasteiger partial charge is 0.416 e. The molecule has 5 nitrogen and oxygen atoms in total. The Balaban J connectivity index is 2.11. The first-order valence-corrected chi connectivity index (χ1v) is 9.00. The van der Waals surface area contributed by atoms with Gasteiger partial charge < -0.3 is 4.74 Å². The number of hydrogen-bond acceptors (Lipinski definition) is 4. The van der Waals surface area contributed by atoms with Gasteiger partial charge in [0.1, 0.15) is 0 Å². The normalized spacial score (nSPS) is 17.9. The lowest BCUT2D eigenvalue weighted by atomic mass is 10.0. The monoisotopic (exact) mass is 366 g/mol. The smallest absolute Gasteiger partial charge is 0.379 e. The van der Waals surface area contributed by atoms with Gasteiger partial charge in [0, 0.05) is 25.2 Å². The minimum atomic E-state index is -4.58. The number of alkyl halides is 3. The maximum Gasteiger partial charge on any atom is 0.416 e. The van der Waals surface area contributed by atoms with Crippen LogP contribution >= 0.6 is 0 Å². The first-order chi connectivity index (χ1) is 11.0. The standard InChI is InChI=1S/C15H21F3N2O3S/c1-14(2,20-6-8-23-9-7-20)11-19-24(21,22)13-5-3-4-12(10-13)15(16,17)18/h3-5,10,19H,6-9,11H2,1-2H3. The van der Waals surface area contributed by atoms with E-state index in [0.29, 0.717) is 32.4 Å². The fraction of sp³-hybridized carbons (Fsp3) is 0.600. The van der Waals surface area contributed by atoms with E-state index in [2.05, 4.69) is 9.62 Å². The van der Waals surface area contributed by atoms with E-state index in [0.717, 1.165) is 18.2 Å². The number of benzene rings is 1. The fourth-order valence-electron chi connectivity index (χ4n) is 2.48. The number of halogens is 3. The maximum absolute atomic E-state index is 12.7. The number of rotatable bonds is 5. The molecule has 1 heterocycles. The molecule has 0 spiro atoms. The van der Waals surface area contributed by atoms with Crippen LogP contribution in [0.1, 0.15) is 19.4 Å². The van der Waals surface area contributed by atoms with Crippen molar-refractivity contribution >= 4 is 10.0 Å². The van der Waals surface area contributed by atoms with E-state index in [-0.39, 0.29) is 6.54 Å². The summed E-state index contributed by atoms with van der Waals surface area (Å²) in [5.41, 5.74) is -1.46. The summed E-state index contributed by atoms with van der Waals surface area (Å²) in [5, 5.41) is 0. The second-order valence-corrected chi connectivity index (χ2v) is 8.03. The topological polar surface area (TPSA) is 58.6 Å². The van der Waals surface area contributed by atoms with Crippen molar-refractivity contribution in [3.05, 3.63) is 29.8 Å². The van der Waals surface area contributed by atoms with Crippen molar-refractivity contribution in [1.82, 2.24) is 9.62 Å². The lowest BCUT2D eigenvalue weighted by molar-refractivity contribution is -0.137. The molecular formula is C15H21F3N2O3S. The van der Waals surface area contributed by atoms with Gasteiger partial charge >= 0.3 is 6.18 Å². The van der Waals surface area contributed by atoms with Crippen molar-refractivity contribution in [2.75, 3.05) is 32.8 Å². The molecule has 1 N–H and O–H groups in total. The maximum atomic E-state index is 12.7. The highest BCUT2D eigenvalue weighted by Gasteiger charge is 2.33. The molecule has 24 heavy (non-hydrogen) atoms. The van der Waals surface area contributed by atoms with E-state index < -0.39 is 32.2 Å². The van der Waals surface area contributed by atoms with Crippen molar-refractivity contribution in [1.29, 1.82) is 0 Å². The van der Waals surface area contributed by atoms with Gasteiger partial charge in [0.25, 0.3) is 0 Å². The Labute approximate surface area is 139 Å². The van der Waals surface area contributed by atoms with Gasteiger partial charge in [-0.25, -0.2) is 13.1 Å². The summed E-state index contributed by atoms with van der Waals surface area (Å²) >= 11 is 0. The predicted molar refractivity (Wildman–Crippen MR) is 83.1 cm³/mol. The first-order valence-electron chi connectivity index (χ1n) is 7.52. The number of nitrogens with zero attached hydrogens (tertiary/aromatic N) is 1. The molecule has 0 amide bonds.